The Kier molecular flexibility index (Phi) is 3.71. The Balaban J connectivity index is 2.28. The topological polar surface area (TPSA) is 95.8 Å². The maximum atomic E-state index is 12.3. The lowest BCUT2D eigenvalue weighted by atomic mass is 10.0. The van der Waals surface area contributed by atoms with Gasteiger partial charge in [0.05, 0.1) is 0 Å². The molecule has 2 aromatic heterocycles. The van der Waals surface area contributed by atoms with Crippen LogP contribution in [0.1, 0.15) is 25.3 Å². The summed E-state index contributed by atoms with van der Waals surface area (Å²) >= 11 is 0. The summed E-state index contributed by atoms with van der Waals surface area (Å²) in [5.74, 6) is 0.601. The lowest BCUT2D eigenvalue weighted by Gasteiger charge is -2.11. The number of nitrogen functional groups attached to an aromatic ring is 1. The van der Waals surface area contributed by atoms with Gasteiger partial charge in [-0.05, 0) is 11.5 Å². The SMILES string of the molecule is CC(C)c1ccc(-c2nc3c(=O)n(C)c(=O)n(C)c3nc2N)cc1. The number of hydrogen-bond acceptors (Lipinski definition) is 5. The molecule has 0 unspecified atom stereocenters. The Morgan fingerprint density at radius 2 is 1.62 bits per heavy atom. The summed E-state index contributed by atoms with van der Waals surface area (Å²) < 4.78 is 2.28. The molecule has 0 saturated heterocycles. The van der Waals surface area contributed by atoms with Gasteiger partial charge in [0.25, 0.3) is 5.56 Å². The Morgan fingerprint density at radius 1 is 1.00 bits per heavy atom. The molecule has 0 aliphatic rings. The van der Waals surface area contributed by atoms with Crippen LogP contribution in [0.25, 0.3) is 22.4 Å². The van der Waals surface area contributed by atoms with Crippen molar-refractivity contribution < 1.29 is 0 Å². The first-order valence-electron chi connectivity index (χ1n) is 7.64. The van der Waals surface area contributed by atoms with Crippen LogP contribution in [0.5, 0.6) is 0 Å². The van der Waals surface area contributed by atoms with Gasteiger partial charge in [-0.15, -0.1) is 0 Å². The molecule has 24 heavy (non-hydrogen) atoms. The number of benzene rings is 1. The van der Waals surface area contributed by atoms with Gasteiger partial charge in [0.15, 0.2) is 17.0 Å². The second kappa shape index (κ2) is 5.59. The fourth-order valence-electron chi connectivity index (χ4n) is 2.62. The second-order valence-corrected chi connectivity index (χ2v) is 6.11. The molecule has 0 aliphatic carbocycles. The van der Waals surface area contributed by atoms with Gasteiger partial charge < -0.3 is 5.73 Å². The normalized spacial score (nSPS) is 11.4. The fourth-order valence-corrected chi connectivity index (χ4v) is 2.62. The number of fused-ring (bicyclic) bond motifs is 1. The largest absolute Gasteiger partial charge is 0.382 e. The zero-order valence-corrected chi connectivity index (χ0v) is 14.1. The summed E-state index contributed by atoms with van der Waals surface area (Å²) in [6.07, 6.45) is 0. The van der Waals surface area contributed by atoms with Crippen molar-refractivity contribution in [1.82, 2.24) is 19.1 Å². The van der Waals surface area contributed by atoms with Gasteiger partial charge in [0.2, 0.25) is 0 Å². The molecular weight excluding hydrogens is 306 g/mol. The van der Waals surface area contributed by atoms with Crippen molar-refractivity contribution in [1.29, 1.82) is 0 Å². The predicted octanol–water partition coefficient (Wildman–Crippen LogP) is 1.40. The molecule has 2 heterocycles. The van der Waals surface area contributed by atoms with E-state index in [0.717, 1.165) is 10.1 Å². The Hall–Kier alpha value is -2.96. The molecule has 0 fully saturated rings. The van der Waals surface area contributed by atoms with Crippen LogP contribution in [-0.2, 0) is 14.1 Å². The molecule has 0 radical (unpaired) electrons. The molecule has 1 aromatic carbocycles. The van der Waals surface area contributed by atoms with Crippen molar-refractivity contribution in [3.8, 4) is 11.3 Å². The van der Waals surface area contributed by atoms with Crippen LogP contribution in [0.2, 0.25) is 0 Å². The summed E-state index contributed by atoms with van der Waals surface area (Å²) in [7, 11) is 2.95. The molecular formula is C17H19N5O2. The third-order valence-electron chi connectivity index (χ3n) is 4.15. The summed E-state index contributed by atoms with van der Waals surface area (Å²) in [6, 6.07) is 7.83. The highest BCUT2D eigenvalue weighted by atomic mass is 16.2. The summed E-state index contributed by atoms with van der Waals surface area (Å²) in [5.41, 5.74) is 7.80. The van der Waals surface area contributed by atoms with E-state index in [4.69, 9.17) is 5.73 Å². The van der Waals surface area contributed by atoms with E-state index < -0.39 is 11.2 Å². The van der Waals surface area contributed by atoms with E-state index in [9.17, 15) is 9.59 Å². The molecule has 0 aliphatic heterocycles. The predicted molar refractivity (Wildman–Crippen MR) is 94.0 cm³/mol. The maximum absolute atomic E-state index is 12.3. The Labute approximate surface area is 138 Å². The van der Waals surface area contributed by atoms with E-state index in [1.807, 2.05) is 24.3 Å². The zero-order chi connectivity index (χ0) is 17.6. The number of nitrogens with two attached hydrogens (primary N) is 1. The molecule has 2 N–H and O–H groups in total. The van der Waals surface area contributed by atoms with Crippen molar-refractivity contribution in [2.24, 2.45) is 14.1 Å². The molecule has 3 rings (SSSR count). The van der Waals surface area contributed by atoms with Crippen LogP contribution in [0.4, 0.5) is 5.82 Å². The molecule has 7 heteroatoms. The van der Waals surface area contributed by atoms with E-state index >= 15 is 0 Å². The quantitative estimate of drug-likeness (QED) is 0.768. The van der Waals surface area contributed by atoms with Gasteiger partial charge in [-0.3, -0.25) is 13.9 Å². The Morgan fingerprint density at radius 3 is 2.21 bits per heavy atom. The molecule has 0 saturated carbocycles. The van der Waals surface area contributed by atoms with Crippen LogP contribution in [0.3, 0.4) is 0 Å². The molecule has 0 amide bonds. The first-order valence-corrected chi connectivity index (χ1v) is 7.64. The lowest BCUT2D eigenvalue weighted by molar-refractivity contribution is 0.705. The highest BCUT2D eigenvalue weighted by molar-refractivity contribution is 5.79. The molecule has 0 spiro atoms. The molecule has 124 valence electrons. The average Bonchev–Trinajstić information content (AvgIpc) is 2.58. The van der Waals surface area contributed by atoms with Gasteiger partial charge in [-0.25, -0.2) is 14.8 Å². The van der Waals surface area contributed by atoms with Crippen LogP contribution in [-0.4, -0.2) is 19.1 Å². The van der Waals surface area contributed by atoms with Gasteiger partial charge in [0.1, 0.15) is 5.69 Å². The fraction of sp³-hybridized carbons (Fsp3) is 0.294. The van der Waals surface area contributed by atoms with Crippen LogP contribution in [0.15, 0.2) is 33.9 Å². The summed E-state index contributed by atoms with van der Waals surface area (Å²) in [4.78, 5) is 33.0. The summed E-state index contributed by atoms with van der Waals surface area (Å²) in [6.45, 7) is 4.23. The minimum atomic E-state index is -0.486. The number of nitrogens with zero attached hydrogens (tertiary/aromatic N) is 4. The number of aryl methyl sites for hydroxylation is 1. The maximum Gasteiger partial charge on any atom is 0.332 e. The van der Waals surface area contributed by atoms with Crippen LogP contribution >= 0.6 is 0 Å². The number of rotatable bonds is 2. The first-order chi connectivity index (χ1) is 11.3. The summed E-state index contributed by atoms with van der Waals surface area (Å²) in [5, 5.41) is 0. The highest BCUT2D eigenvalue weighted by Gasteiger charge is 2.15. The second-order valence-electron chi connectivity index (χ2n) is 6.11. The van der Waals surface area contributed by atoms with Gasteiger partial charge in [0, 0.05) is 19.7 Å². The van der Waals surface area contributed by atoms with Gasteiger partial charge in [-0.1, -0.05) is 38.1 Å². The van der Waals surface area contributed by atoms with Crippen molar-refractivity contribution in [2.75, 3.05) is 5.73 Å². The van der Waals surface area contributed by atoms with Crippen LogP contribution < -0.4 is 17.0 Å². The van der Waals surface area contributed by atoms with E-state index in [1.165, 1.54) is 24.2 Å². The van der Waals surface area contributed by atoms with Crippen molar-refractivity contribution in [3.05, 3.63) is 50.7 Å². The molecule has 0 atom stereocenters. The molecule has 7 nitrogen and oxygen atoms in total. The minimum Gasteiger partial charge on any atom is -0.382 e. The lowest BCUT2D eigenvalue weighted by Crippen LogP contribution is -2.37. The highest BCUT2D eigenvalue weighted by Crippen LogP contribution is 2.25. The first kappa shape index (κ1) is 15.9. The van der Waals surface area contributed by atoms with Gasteiger partial charge >= 0.3 is 5.69 Å². The minimum absolute atomic E-state index is 0.122. The standard InChI is InChI=1S/C17H19N5O2/c1-9(2)10-5-7-11(8-6-10)12-14(18)20-15-13(19-12)16(23)22(4)17(24)21(15)3/h5-9H,1-4H3,(H2,18,20). The van der Waals surface area contributed by atoms with Gasteiger partial charge in [-0.2, -0.15) is 0 Å². The van der Waals surface area contributed by atoms with E-state index in [2.05, 4.69) is 23.8 Å². The average molecular weight is 325 g/mol. The Bertz CT molecular complexity index is 1050. The number of hydrogen-bond donors (Lipinski definition) is 1. The monoisotopic (exact) mass is 325 g/mol. The van der Waals surface area contributed by atoms with Crippen molar-refractivity contribution in [2.45, 2.75) is 19.8 Å². The number of anilines is 1. The van der Waals surface area contributed by atoms with E-state index in [1.54, 1.807) is 0 Å². The number of aromatic nitrogens is 4. The zero-order valence-electron chi connectivity index (χ0n) is 14.1. The molecule has 3 aromatic rings. The van der Waals surface area contributed by atoms with Crippen molar-refractivity contribution >= 4 is 17.0 Å². The van der Waals surface area contributed by atoms with E-state index in [0.29, 0.717) is 11.6 Å². The third-order valence-corrected chi connectivity index (χ3v) is 4.15. The third kappa shape index (κ3) is 2.38. The van der Waals surface area contributed by atoms with Crippen molar-refractivity contribution in [3.63, 3.8) is 0 Å². The van der Waals surface area contributed by atoms with Crippen LogP contribution in [0, 0.1) is 0 Å². The smallest absolute Gasteiger partial charge is 0.332 e. The molecule has 0 bridgehead atoms. The van der Waals surface area contributed by atoms with E-state index in [-0.39, 0.29) is 17.0 Å².